The predicted octanol–water partition coefficient (Wildman–Crippen LogP) is 0.735. The van der Waals surface area contributed by atoms with Crippen molar-refractivity contribution in [1.29, 1.82) is 0 Å². The molecule has 1 aliphatic carbocycles. The van der Waals surface area contributed by atoms with Gasteiger partial charge in [-0.2, -0.15) is 0 Å². The van der Waals surface area contributed by atoms with Gasteiger partial charge >= 0.3 is 0 Å². The fraction of sp³-hybridized carbons (Fsp3) is 0.200. The standard InChI is InChI=1S/C10H8O3/c1-5-3-2-4-6-7(5)9(12)10(13)8(6)11/h2-4,10,13H,1H3. The maximum Gasteiger partial charge on any atom is 0.200 e. The van der Waals surface area contributed by atoms with E-state index in [4.69, 9.17) is 0 Å². The van der Waals surface area contributed by atoms with Crippen molar-refractivity contribution >= 4 is 11.6 Å². The van der Waals surface area contributed by atoms with Crippen LogP contribution in [-0.4, -0.2) is 22.8 Å². The van der Waals surface area contributed by atoms with E-state index in [1.54, 1.807) is 25.1 Å². The third-order valence-corrected chi connectivity index (χ3v) is 2.28. The van der Waals surface area contributed by atoms with Gasteiger partial charge in [0.05, 0.1) is 0 Å². The molecule has 1 unspecified atom stereocenters. The summed E-state index contributed by atoms with van der Waals surface area (Å²) in [6.07, 6.45) is -1.48. The molecule has 0 amide bonds. The molecule has 0 fully saturated rings. The number of rotatable bonds is 0. The van der Waals surface area contributed by atoms with Crippen molar-refractivity contribution in [3.05, 3.63) is 34.9 Å². The summed E-state index contributed by atoms with van der Waals surface area (Å²) in [5, 5.41) is 9.21. The molecule has 0 aliphatic heterocycles. The van der Waals surface area contributed by atoms with Crippen molar-refractivity contribution in [2.24, 2.45) is 0 Å². The van der Waals surface area contributed by atoms with Gasteiger partial charge in [0.2, 0.25) is 0 Å². The first kappa shape index (κ1) is 8.13. The van der Waals surface area contributed by atoms with Crippen molar-refractivity contribution in [3.63, 3.8) is 0 Å². The van der Waals surface area contributed by atoms with Crippen LogP contribution < -0.4 is 0 Å². The molecule has 3 nitrogen and oxygen atoms in total. The largest absolute Gasteiger partial charge is 0.377 e. The first-order valence-electron chi connectivity index (χ1n) is 3.99. The van der Waals surface area contributed by atoms with Crippen LogP contribution in [0.2, 0.25) is 0 Å². The summed E-state index contributed by atoms with van der Waals surface area (Å²) >= 11 is 0. The molecule has 0 saturated heterocycles. The van der Waals surface area contributed by atoms with Crippen molar-refractivity contribution in [2.75, 3.05) is 0 Å². The summed E-state index contributed by atoms with van der Waals surface area (Å²) in [6, 6.07) is 5.03. The summed E-state index contributed by atoms with van der Waals surface area (Å²) in [5.74, 6) is -0.957. The highest BCUT2D eigenvalue weighted by Gasteiger charge is 2.37. The van der Waals surface area contributed by atoms with Crippen LogP contribution in [0.1, 0.15) is 26.3 Å². The van der Waals surface area contributed by atoms with Gasteiger partial charge in [-0.1, -0.05) is 18.2 Å². The lowest BCUT2D eigenvalue weighted by Gasteiger charge is -1.98. The third kappa shape index (κ3) is 0.939. The van der Waals surface area contributed by atoms with Gasteiger partial charge in [-0.3, -0.25) is 9.59 Å². The number of aliphatic hydroxyl groups excluding tert-OH is 1. The number of carbonyl (C=O) groups excluding carboxylic acids is 2. The lowest BCUT2D eigenvalue weighted by Crippen LogP contribution is -2.20. The zero-order chi connectivity index (χ0) is 9.59. The minimum Gasteiger partial charge on any atom is -0.377 e. The van der Waals surface area contributed by atoms with Crippen molar-refractivity contribution in [3.8, 4) is 0 Å². The summed E-state index contributed by atoms with van der Waals surface area (Å²) < 4.78 is 0. The summed E-state index contributed by atoms with van der Waals surface area (Å²) in [5.41, 5.74) is 1.46. The minimum atomic E-state index is -1.48. The van der Waals surface area contributed by atoms with E-state index >= 15 is 0 Å². The maximum absolute atomic E-state index is 11.4. The third-order valence-electron chi connectivity index (χ3n) is 2.28. The Hall–Kier alpha value is -1.48. The van der Waals surface area contributed by atoms with Gasteiger partial charge < -0.3 is 5.11 Å². The second kappa shape index (κ2) is 2.50. The molecule has 0 aromatic heterocycles. The molecular weight excluding hydrogens is 168 g/mol. The smallest absolute Gasteiger partial charge is 0.200 e. The maximum atomic E-state index is 11.4. The van der Waals surface area contributed by atoms with Crippen molar-refractivity contribution < 1.29 is 14.7 Å². The lowest BCUT2D eigenvalue weighted by molar-refractivity contribution is 0.0663. The van der Waals surface area contributed by atoms with E-state index < -0.39 is 17.7 Å². The molecule has 1 atom stereocenters. The van der Waals surface area contributed by atoms with E-state index in [0.717, 1.165) is 5.56 Å². The molecule has 2 rings (SSSR count). The molecule has 13 heavy (non-hydrogen) atoms. The fourth-order valence-corrected chi connectivity index (χ4v) is 1.60. The monoisotopic (exact) mass is 176 g/mol. The van der Waals surface area contributed by atoms with Gasteiger partial charge in [0, 0.05) is 11.1 Å². The van der Waals surface area contributed by atoms with Gasteiger partial charge in [-0.05, 0) is 12.5 Å². The lowest BCUT2D eigenvalue weighted by atomic mass is 10.0. The number of benzene rings is 1. The first-order valence-corrected chi connectivity index (χ1v) is 3.99. The van der Waals surface area contributed by atoms with Gasteiger partial charge in [0.1, 0.15) is 0 Å². The molecule has 0 saturated carbocycles. The zero-order valence-corrected chi connectivity index (χ0v) is 7.07. The fourth-order valence-electron chi connectivity index (χ4n) is 1.60. The molecule has 1 aromatic rings. The Balaban J connectivity index is 2.74. The van der Waals surface area contributed by atoms with Crippen LogP contribution in [-0.2, 0) is 0 Å². The summed E-state index contributed by atoms with van der Waals surface area (Å²) in [6.45, 7) is 1.75. The second-order valence-electron chi connectivity index (χ2n) is 3.13. The Morgan fingerprint density at radius 1 is 1.23 bits per heavy atom. The molecule has 3 heteroatoms. The Bertz CT molecular complexity index is 407. The predicted molar refractivity (Wildman–Crippen MR) is 45.8 cm³/mol. The highest BCUT2D eigenvalue weighted by molar-refractivity contribution is 6.28. The van der Waals surface area contributed by atoms with Crippen LogP contribution in [0.15, 0.2) is 18.2 Å². The highest BCUT2D eigenvalue weighted by Crippen LogP contribution is 2.24. The first-order chi connectivity index (χ1) is 6.13. The topological polar surface area (TPSA) is 54.4 Å². The molecule has 0 radical (unpaired) electrons. The van der Waals surface area contributed by atoms with Crippen molar-refractivity contribution in [2.45, 2.75) is 13.0 Å². The normalized spacial score (nSPS) is 20.6. The van der Waals surface area contributed by atoms with Crippen LogP contribution in [0.25, 0.3) is 0 Å². The quantitative estimate of drug-likeness (QED) is 0.593. The van der Waals surface area contributed by atoms with Crippen molar-refractivity contribution in [1.82, 2.24) is 0 Å². The van der Waals surface area contributed by atoms with E-state index in [1.807, 2.05) is 0 Å². The number of fused-ring (bicyclic) bond motifs is 1. The van der Waals surface area contributed by atoms with Crippen LogP contribution in [0.4, 0.5) is 0 Å². The van der Waals surface area contributed by atoms with E-state index in [9.17, 15) is 14.7 Å². The molecule has 0 spiro atoms. The molecule has 66 valence electrons. The average Bonchev–Trinajstić information content (AvgIpc) is 2.33. The number of aryl methyl sites for hydroxylation is 1. The van der Waals surface area contributed by atoms with Gasteiger partial charge in [0.25, 0.3) is 0 Å². The van der Waals surface area contributed by atoms with E-state index in [0.29, 0.717) is 11.1 Å². The second-order valence-corrected chi connectivity index (χ2v) is 3.13. The number of hydrogen-bond donors (Lipinski definition) is 1. The zero-order valence-electron chi connectivity index (χ0n) is 7.07. The van der Waals surface area contributed by atoms with Crippen LogP contribution in [0.3, 0.4) is 0 Å². The molecule has 1 aromatic carbocycles. The number of Topliss-reactive ketones (excluding diaryl/α,β-unsaturated/α-hetero) is 2. The molecule has 1 aliphatic rings. The molecule has 1 N–H and O–H groups in total. The van der Waals surface area contributed by atoms with Gasteiger partial charge in [0.15, 0.2) is 17.7 Å². The number of hydrogen-bond acceptors (Lipinski definition) is 3. The average molecular weight is 176 g/mol. The summed E-state index contributed by atoms with van der Waals surface area (Å²) in [4.78, 5) is 22.6. The molecular formula is C10H8O3. The minimum absolute atomic E-state index is 0.345. The Morgan fingerprint density at radius 3 is 2.54 bits per heavy atom. The molecule has 0 heterocycles. The summed E-state index contributed by atoms with van der Waals surface area (Å²) in [7, 11) is 0. The van der Waals surface area contributed by atoms with Crippen LogP contribution in [0, 0.1) is 6.92 Å². The Labute approximate surface area is 75.0 Å². The number of aliphatic hydroxyl groups is 1. The van der Waals surface area contributed by atoms with Gasteiger partial charge in [-0.25, -0.2) is 0 Å². The van der Waals surface area contributed by atoms with E-state index in [2.05, 4.69) is 0 Å². The SMILES string of the molecule is Cc1cccc2c1C(=O)C(O)C2=O. The molecule has 0 bridgehead atoms. The van der Waals surface area contributed by atoms with Crippen LogP contribution in [0.5, 0.6) is 0 Å². The Kier molecular flexibility index (Phi) is 1.57. The van der Waals surface area contributed by atoms with Gasteiger partial charge in [-0.15, -0.1) is 0 Å². The van der Waals surface area contributed by atoms with Crippen LogP contribution >= 0.6 is 0 Å². The number of carbonyl (C=O) groups is 2. The highest BCUT2D eigenvalue weighted by atomic mass is 16.3. The Morgan fingerprint density at radius 2 is 1.92 bits per heavy atom. The number of ketones is 2. The van der Waals surface area contributed by atoms with E-state index in [-0.39, 0.29) is 0 Å². The van der Waals surface area contributed by atoms with E-state index in [1.165, 1.54) is 0 Å².